The summed E-state index contributed by atoms with van der Waals surface area (Å²) in [6.07, 6.45) is 0. The summed E-state index contributed by atoms with van der Waals surface area (Å²) in [4.78, 5) is 2.35. The molecule has 2 nitrogen and oxygen atoms in total. The minimum atomic E-state index is 1.12. The second kappa shape index (κ2) is 12.7. The number of fused-ring (bicyclic) bond motifs is 6. The summed E-state index contributed by atoms with van der Waals surface area (Å²) < 4.78 is 5.05. The molecular formula is C50H36N2S. The Balaban J connectivity index is 1.03. The van der Waals surface area contributed by atoms with Gasteiger partial charge in [0, 0.05) is 53.7 Å². The van der Waals surface area contributed by atoms with Crippen LogP contribution in [0.3, 0.4) is 0 Å². The number of nitrogens with zero attached hydrogens (tertiary/aromatic N) is 2. The van der Waals surface area contributed by atoms with Gasteiger partial charge in [-0.3, -0.25) is 0 Å². The maximum Gasteiger partial charge on any atom is 0.0541 e. The molecule has 0 atom stereocenters. The van der Waals surface area contributed by atoms with Crippen molar-refractivity contribution in [3.05, 3.63) is 193 Å². The average molecular weight is 697 g/mol. The Labute approximate surface area is 313 Å². The molecule has 0 aliphatic carbocycles. The zero-order chi connectivity index (χ0) is 35.5. The summed E-state index contributed by atoms with van der Waals surface area (Å²) in [6, 6.07) is 66.6. The SMILES string of the molecule is Cc1ccc(N(c2ccc(-c3ccc4c(c3)c3cc(C)ccc3n4-c3ccccc3)cc2)c2ccc(-c3cccc4c3sc3ccccc34)cc2)cc1. The normalized spacial score (nSPS) is 11.6. The van der Waals surface area contributed by atoms with Crippen molar-refractivity contribution in [3.8, 4) is 27.9 Å². The molecule has 0 saturated carbocycles. The molecule has 53 heavy (non-hydrogen) atoms. The van der Waals surface area contributed by atoms with E-state index in [1.54, 1.807) is 0 Å². The lowest BCUT2D eigenvalue weighted by Crippen LogP contribution is -2.09. The molecule has 0 saturated heterocycles. The topological polar surface area (TPSA) is 8.17 Å². The summed E-state index contributed by atoms with van der Waals surface area (Å²) in [5.74, 6) is 0. The third kappa shape index (κ3) is 5.40. The molecule has 0 radical (unpaired) electrons. The molecule has 3 heteroatoms. The number of aryl methyl sites for hydroxylation is 2. The van der Waals surface area contributed by atoms with Crippen molar-refractivity contribution in [1.29, 1.82) is 0 Å². The van der Waals surface area contributed by atoms with Gasteiger partial charge in [-0.15, -0.1) is 11.3 Å². The molecule has 0 aliphatic rings. The third-order valence-electron chi connectivity index (χ3n) is 10.5. The van der Waals surface area contributed by atoms with Gasteiger partial charge >= 0.3 is 0 Å². The van der Waals surface area contributed by atoms with Gasteiger partial charge in [0.25, 0.3) is 0 Å². The Hall–Kier alpha value is -6.42. The van der Waals surface area contributed by atoms with Gasteiger partial charge in [-0.25, -0.2) is 0 Å². The van der Waals surface area contributed by atoms with E-state index in [-0.39, 0.29) is 0 Å². The summed E-state index contributed by atoms with van der Waals surface area (Å²) in [7, 11) is 0. The maximum atomic E-state index is 2.38. The summed E-state index contributed by atoms with van der Waals surface area (Å²) in [5, 5.41) is 5.19. The van der Waals surface area contributed by atoms with Gasteiger partial charge in [-0.05, 0) is 115 Å². The minimum absolute atomic E-state index is 1.12. The largest absolute Gasteiger partial charge is 0.311 e. The first-order chi connectivity index (χ1) is 26.1. The molecule has 8 aromatic carbocycles. The van der Waals surface area contributed by atoms with Crippen LogP contribution in [0.25, 0.3) is 69.9 Å². The van der Waals surface area contributed by atoms with Gasteiger partial charge in [0.15, 0.2) is 0 Å². The van der Waals surface area contributed by atoms with E-state index in [9.17, 15) is 0 Å². The number of hydrogen-bond acceptors (Lipinski definition) is 2. The van der Waals surface area contributed by atoms with E-state index in [0.29, 0.717) is 0 Å². The molecule has 0 amide bonds. The number of hydrogen-bond donors (Lipinski definition) is 0. The first-order valence-corrected chi connectivity index (χ1v) is 19.0. The monoisotopic (exact) mass is 696 g/mol. The number of anilines is 3. The molecule has 0 bridgehead atoms. The zero-order valence-corrected chi connectivity index (χ0v) is 30.4. The lowest BCUT2D eigenvalue weighted by molar-refractivity contribution is 1.18. The van der Waals surface area contributed by atoms with Gasteiger partial charge < -0.3 is 9.47 Å². The molecule has 2 heterocycles. The predicted octanol–water partition coefficient (Wildman–Crippen LogP) is 14.6. The summed E-state index contributed by atoms with van der Waals surface area (Å²) in [5.41, 5.74) is 14.4. The van der Waals surface area contributed by atoms with Gasteiger partial charge in [0.1, 0.15) is 0 Å². The number of rotatable bonds is 6. The first-order valence-electron chi connectivity index (χ1n) is 18.2. The number of benzene rings is 8. The fraction of sp³-hybridized carbons (Fsp3) is 0.0400. The second-order valence-electron chi connectivity index (χ2n) is 14.0. The molecule has 0 unspecified atom stereocenters. The van der Waals surface area contributed by atoms with Crippen LogP contribution in [0.2, 0.25) is 0 Å². The van der Waals surface area contributed by atoms with Crippen LogP contribution in [0.4, 0.5) is 17.1 Å². The fourth-order valence-corrected chi connectivity index (χ4v) is 9.12. The molecule has 0 N–H and O–H groups in total. The predicted molar refractivity (Wildman–Crippen MR) is 229 cm³/mol. The highest BCUT2D eigenvalue weighted by Gasteiger charge is 2.17. The van der Waals surface area contributed by atoms with Crippen molar-refractivity contribution >= 4 is 70.4 Å². The number of para-hydroxylation sites is 1. The number of thiophene rings is 1. The van der Waals surface area contributed by atoms with Crippen LogP contribution in [0.1, 0.15) is 11.1 Å². The average Bonchev–Trinajstić information content (AvgIpc) is 3.75. The highest BCUT2D eigenvalue weighted by molar-refractivity contribution is 7.26. The lowest BCUT2D eigenvalue weighted by Gasteiger charge is -2.26. The first kappa shape index (κ1) is 31.3. The van der Waals surface area contributed by atoms with Crippen molar-refractivity contribution in [2.75, 3.05) is 4.90 Å². The maximum absolute atomic E-state index is 2.38. The Morgan fingerprint density at radius 2 is 0.981 bits per heavy atom. The van der Waals surface area contributed by atoms with Gasteiger partial charge in [0.2, 0.25) is 0 Å². The highest BCUT2D eigenvalue weighted by Crippen LogP contribution is 2.42. The third-order valence-corrected chi connectivity index (χ3v) is 11.7. The molecule has 0 spiro atoms. The lowest BCUT2D eigenvalue weighted by atomic mass is 10.0. The van der Waals surface area contributed by atoms with Crippen LogP contribution in [0.15, 0.2) is 182 Å². The molecular weight excluding hydrogens is 661 g/mol. The number of aromatic nitrogens is 1. The summed E-state index contributed by atoms with van der Waals surface area (Å²) in [6.45, 7) is 4.31. The van der Waals surface area contributed by atoms with Crippen LogP contribution >= 0.6 is 11.3 Å². The fourth-order valence-electron chi connectivity index (χ4n) is 7.88. The molecule has 2 aromatic heterocycles. The minimum Gasteiger partial charge on any atom is -0.311 e. The van der Waals surface area contributed by atoms with Crippen LogP contribution in [-0.4, -0.2) is 4.57 Å². The van der Waals surface area contributed by atoms with Crippen LogP contribution < -0.4 is 4.90 Å². The molecule has 10 rings (SSSR count). The van der Waals surface area contributed by atoms with E-state index in [4.69, 9.17) is 0 Å². The van der Waals surface area contributed by atoms with E-state index in [0.717, 1.165) is 17.1 Å². The van der Waals surface area contributed by atoms with Crippen molar-refractivity contribution < 1.29 is 0 Å². The molecule has 0 aliphatic heterocycles. The quantitative estimate of drug-likeness (QED) is 0.168. The van der Waals surface area contributed by atoms with Crippen molar-refractivity contribution in [1.82, 2.24) is 4.57 Å². The van der Waals surface area contributed by atoms with Crippen LogP contribution in [0.5, 0.6) is 0 Å². The second-order valence-corrected chi connectivity index (χ2v) is 15.0. The molecule has 0 fully saturated rings. The molecule has 252 valence electrons. The van der Waals surface area contributed by atoms with Crippen molar-refractivity contribution in [2.45, 2.75) is 13.8 Å². The van der Waals surface area contributed by atoms with Crippen molar-refractivity contribution in [2.24, 2.45) is 0 Å². The summed E-state index contributed by atoms with van der Waals surface area (Å²) >= 11 is 1.88. The van der Waals surface area contributed by atoms with Crippen LogP contribution in [0, 0.1) is 13.8 Å². The van der Waals surface area contributed by atoms with E-state index in [1.807, 2.05) is 11.3 Å². The van der Waals surface area contributed by atoms with E-state index < -0.39 is 0 Å². The van der Waals surface area contributed by atoms with E-state index in [2.05, 4.69) is 205 Å². The van der Waals surface area contributed by atoms with Gasteiger partial charge in [0.05, 0.1) is 11.0 Å². The smallest absolute Gasteiger partial charge is 0.0541 e. The van der Waals surface area contributed by atoms with Crippen molar-refractivity contribution in [3.63, 3.8) is 0 Å². The van der Waals surface area contributed by atoms with E-state index in [1.165, 1.54) is 81.0 Å². The Morgan fingerprint density at radius 1 is 0.415 bits per heavy atom. The Morgan fingerprint density at radius 3 is 1.72 bits per heavy atom. The Kier molecular flexibility index (Phi) is 7.48. The zero-order valence-electron chi connectivity index (χ0n) is 29.6. The molecule has 10 aromatic rings. The van der Waals surface area contributed by atoms with Gasteiger partial charge in [-0.2, -0.15) is 0 Å². The van der Waals surface area contributed by atoms with E-state index >= 15 is 0 Å². The van der Waals surface area contributed by atoms with Crippen LogP contribution in [-0.2, 0) is 0 Å². The highest BCUT2D eigenvalue weighted by atomic mass is 32.1. The Bertz CT molecular complexity index is 2930. The van der Waals surface area contributed by atoms with Gasteiger partial charge in [-0.1, -0.05) is 114 Å². The standard InChI is InChI=1S/C50H36N2S/c1-33-15-23-39(24-16-33)51(41-27-20-36(21-28-41)42-12-8-13-44-43-11-6-7-14-49(43)53-50(42)44)40-25-18-35(19-26-40)37-22-30-48-46(32-37)45-31-34(2)17-29-47(45)52(48)38-9-4-3-5-10-38/h3-32H,1-2H3.